The van der Waals surface area contributed by atoms with Gasteiger partial charge >= 0.3 is 0 Å². The molecule has 1 saturated heterocycles. The number of aliphatic hydroxyl groups is 1. The maximum absolute atomic E-state index is 9.82. The zero-order chi connectivity index (χ0) is 10.0. The number of aryl methyl sites for hydroxylation is 1. The van der Waals surface area contributed by atoms with Crippen molar-refractivity contribution in [1.29, 1.82) is 0 Å². The van der Waals surface area contributed by atoms with Crippen molar-refractivity contribution in [2.75, 3.05) is 25.0 Å². The van der Waals surface area contributed by atoms with Crippen LogP contribution in [-0.4, -0.2) is 35.3 Å². The highest BCUT2D eigenvalue weighted by atomic mass is 16.3. The summed E-state index contributed by atoms with van der Waals surface area (Å²) in [6.07, 6.45) is 3.56. The van der Waals surface area contributed by atoms with Crippen LogP contribution < -0.4 is 10.6 Å². The third-order valence-corrected chi connectivity index (χ3v) is 2.54. The molecule has 2 heterocycles. The van der Waals surface area contributed by atoms with Gasteiger partial charge in [0.05, 0.1) is 0 Å². The molecule has 76 valence electrons. The molecule has 2 rings (SSSR count). The molecule has 3 N–H and O–H groups in total. The van der Waals surface area contributed by atoms with E-state index >= 15 is 0 Å². The Labute approximate surface area is 83.4 Å². The van der Waals surface area contributed by atoms with Crippen molar-refractivity contribution < 1.29 is 5.11 Å². The number of nitrogens with zero attached hydrogens (tertiary/aromatic N) is 1. The molecule has 0 bridgehead atoms. The van der Waals surface area contributed by atoms with Crippen molar-refractivity contribution in [3.05, 3.63) is 24.0 Å². The van der Waals surface area contributed by atoms with Gasteiger partial charge in [0.2, 0.25) is 0 Å². The second-order valence-corrected chi connectivity index (χ2v) is 3.87. The summed E-state index contributed by atoms with van der Waals surface area (Å²) in [7, 11) is 0. The molecule has 0 aromatic carbocycles. The van der Waals surface area contributed by atoms with Crippen LogP contribution in [0.1, 0.15) is 5.56 Å². The number of hydrogen-bond donors (Lipinski definition) is 3. The standard InChI is InChI=1S/C10H15N3O/c1-8-4-11-3-2-9(8)13-7-10(14)5-12-6-10/h2-4,12,14H,5-7H2,1H3,(H,11,13). The fourth-order valence-corrected chi connectivity index (χ4v) is 1.47. The van der Waals surface area contributed by atoms with Crippen LogP contribution in [-0.2, 0) is 0 Å². The van der Waals surface area contributed by atoms with E-state index in [0.29, 0.717) is 19.6 Å². The Morgan fingerprint density at radius 2 is 2.43 bits per heavy atom. The number of hydrogen-bond acceptors (Lipinski definition) is 4. The molecular formula is C10H15N3O. The van der Waals surface area contributed by atoms with E-state index < -0.39 is 5.60 Å². The van der Waals surface area contributed by atoms with Gasteiger partial charge in [-0.1, -0.05) is 0 Å². The third-order valence-electron chi connectivity index (χ3n) is 2.54. The van der Waals surface area contributed by atoms with Gasteiger partial charge in [0, 0.05) is 37.7 Å². The van der Waals surface area contributed by atoms with Crippen LogP contribution in [0.3, 0.4) is 0 Å². The van der Waals surface area contributed by atoms with Gasteiger partial charge in [-0.15, -0.1) is 0 Å². The number of aromatic nitrogens is 1. The molecular weight excluding hydrogens is 178 g/mol. The van der Waals surface area contributed by atoms with E-state index in [1.807, 2.05) is 19.2 Å². The first kappa shape index (κ1) is 9.43. The second-order valence-electron chi connectivity index (χ2n) is 3.87. The smallest absolute Gasteiger partial charge is 0.107 e. The first-order valence-electron chi connectivity index (χ1n) is 4.77. The lowest BCUT2D eigenvalue weighted by atomic mass is 9.97. The summed E-state index contributed by atoms with van der Waals surface area (Å²) in [5, 5.41) is 16.1. The number of pyridine rings is 1. The highest BCUT2D eigenvalue weighted by Crippen LogP contribution is 2.15. The van der Waals surface area contributed by atoms with E-state index in [1.54, 1.807) is 6.20 Å². The molecule has 1 aliphatic rings. The minimum Gasteiger partial charge on any atom is -0.385 e. The monoisotopic (exact) mass is 193 g/mol. The molecule has 1 aromatic heterocycles. The minimum atomic E-state index is -0.574. The molecule has 0 aliphatic carbocycles. The summed E-state index contributed by atoms with van der Waals surface area (Å²) in [5.74, 6) is 0. The van der Waals surface area contributed by atoms with Gasteiger partial charge < -0.3 is 15.7 Å². The van der Waals surface area contributed by atoms with Crippen molar-refractivity contribution >= 4 is 5.69 Å². The van der Waals surface area contributed by atoms with Crippen LogP contribution in [0.4, 0.5) is 5.69 Å². The van der Waals surface area contributed by atoms with Gasteiger partial charge in [0.15, 0.2) is 0 Å². The highest BCUT2D eigenvalue weighted by molar-refractivity contribution is 5.48. The van der Waals surface area contributed by atoms with Gasteiger partial charge in [-0.25, -0.2) is 0 Å². The number of rotatable bonds is 3. The largest absolute Gasteiger partial charge is 0.385 e. The normalized spacial score (nSPS) is 18.7. The topological polar surface area (TPSA) is 57.2 Å². The zero-order valence-electron chi connectivity index (χ0n) is 8.25. The molecule has 0 atom stereocenters. The van der Waals surface area contributed by atoms with Crippen LogP contribution >= 0.6 is 0 Å². The maximum atomic E-state index is 9.82. The van der Waals surface area contributed by atoms with Gasteiger partial charge in [-0.2, -0.15) is 0 Å². The number of nitrogens with one attached hydrogen (secondary N) is 2. The molecule has 1 aliphatic heterocycles. The van der Waals surface area contributed by atoms with Crippen LogP contribution in [0, 0.1) is 6.92 Å². The van der Waals surface area contributed by atoms with Crippen molar-refractivity contribution in [2.24, 2.45) is 0 Å². The Morgan fingerprint density at radius 3 is 3.00 bits per heavy atom. The summed E-state index contributed by atoms with van der Waals surface area (Å²) in [4.78, 5) is 4.01. The fraction of sp³-hybridized carbons (Fsp3) is 0.500. The Bertz CT molecular complexity index is 323. The molecule has 14 heavy (non-hydrogen) atoms. The van der Waals surface area contributed by atoms with Crippen LogP contribution in [0.15, 0.2) is 18.5 Å². The van der Waals surface area contributed by atoms with Gasteiger partial charge in [0.1, 0.15) is 5.60 Å². The molecule has 4 nitrogen and oxygen atoms in total. The van der Waals surface area contributed by atoms with Crippen molar-refractivity contribution in [3.8, 4) is 0 Å². The first-order chi connectivity index (χ1) is 6.70. The Balaban J connectivity index is 1.95. The SMILES string of the molecule is Cc1cnccc1NCC1(O)CNC1. The molecule has 0 radical (unpaired) electrons. The minimum absolute atomic E-state index is 0.574. The van der Waals surface area contributed by atoms with Crippen molar-refractivity contribution in [2.45, 2.75) is 12.5 Å². The van der Waals surface area contributed by atoms with E-state index in [9.17, 15) is 5.11 Å². The molecule has 0 spiro atoms. The van der Waals surface area contributed by atoms with Crippen molar-refractivity contribution in [1.82, 2.24) is 10.3 Å². The second kappa shape index (κ2) is 3.55. The zero-order valence-corrected chi connectivity index (χ0v) is 8.25. The first-order valence-corrected chi connectivity index (χ1v) is 4.77. The van der Waals surface area contributed by atoms with E-state index in [0.717, 1.165) is 11.3 Å². The molecule has 0 amide bonds. The Kier molecular flexibility index (Phi) is 2.39. The van der Waals surface area contributed by atoms with Crippen LogP contribution in [0.5, 0.6) is 0 Å². The molecule has 4 heteroatoms. The van der Waals surface area contributed by atoms with Crippen LogP contribution in [0.25, 0.3) is 0 Å². The summed E-state index contributed by atoms with van der Waals surface area (Å²) < 4.78 is 0. The average Bonchev–Trinajstić information content (AvgIpc) is 2.14. The van der Waals surface area contributed by atoms with E-state index in [1.165, 1.54) is 0 Å². The predicted molar refractivity (Wildman–Crippen MR) is 55.3 cm³/mol. The molecule has 1 aromatic rings. The summed E-state index contributed by atoms with van der Waals surface area (Å²) in [5.41, 5.74) is 1.57. The Morgan fingerprint density at radius 1 is 1.64 bits per heavy atom. The molecule has 0 unspecified atom stereocenters. The third kappa shape index (κ3) is 1.86. The molecule has 0 saturated carbocycles. The predicted octanol–water partition coefficient (Wildman–Crippen LogP) is 0.136. The fourth-order valence-electron chi connectivity index (χ4n) is 1.47. The van der Waals surface area contributed by atoms with Gasteiger partial charge in [-0.05, 0) is 18.6 Å². The quantitative estimate of drug-likeness (QED) is 0.639. The summed E-state index contributed by atoms with van der Waals surface area (Å²) >= 11 is 0. The Hall–Kier alpha value is -1.13. The maximum Gasteiger partial charge on any atom is 0.107 e. The lowest BCUT2D eigenvalue weighted by Crippen LogP contribution is -2.63. The van der Waals surface area contributed by atoms with E-state index in [-0.39, 0.29) is 0 Å². The van der Waals surface area contributed by atoms with E-state index in [4.69, 9.17) is 0 Å². The van der Waals surface area contributed by atoms with E-state index in [2.05, 4.69) is 15.6 Å². The lowest BCUT2D eigenvalue weighted by molar-refractivity contribution is 0.00312. The lowest BCUT2D eigenvalue weighted by Gasteiger charge is -2.37. The molecule has 1 fully saturated rings. The van der Waals surface area contributed by atoms with Crippen LogP contribution in [0.2, 0.25) is 0 Å². The summed E-state index contributed by atoms with van der Waals surface area (Å²) in [6, 6.07) is 1.92. The van der Waals surface area contributed by atoms with Gasteiger partial charge in [-0.3, -0.25) is 4.98 Å². The van der Waals surface area contributed by atoms with Crippen molar-refractivity contribution in [3.63, 3.8) is 0 Å². The number of β-amino-alcohol motifs (C(OH)–C–C–N with tert-alkyl or cyclic N) is 1. The number of anilines is 1. The summed E-state index contributed by atoms with van der Waals surface area (Å²) in [6.45, 7) is 3.93. The highest BCUT2D eigenvalue weighted by Gasteiger charge is 2.33. The van der Waals surface area contributed by atoms with Gasteiger partial charge in [0.25, 0.3) is 0 Å². The average molecular weight is 193 g/mol.